The van der Waals surface area contributed by atoms with Crippen LogP contribution < -0.4 is 10.6 Å². The number of piperidine rings is 1. The fourth-order valence-corrected chi connectivity index (χ4v) is 3.37. The topological polar surface area (TPSA) is 66.9 Å². The molecule has 22 heavy (non-hydrogen) atoms. The van der Waals surface area contributed by atoms with Crippen LogP contribution in [0.2, 0.25) is 0 Å². The van der Waals surface area contributed by atoms with E-state index in [2.05, 4.69) is 20.6 Å². The standard InChI is InChI=1S/C16H20N4OS/c21-15(19-10-12-4-3-6-17-9-12)8-13-11-22-16(20-13)14-5-1-2-7-18-14/h1-2,5,7,11-12,17H,3-4,6,8-10H2,(H,19,21). The number of rotatable bonds is 5. The Bertz CT molecular complexity index is 608. The Morgan fingerprint density at radius 2 is 2.41 bits per heavy atom. The van der Waals surface area contributed by atoms with Gasteiger partial charge in [-0.2, -0.15) is 0 Å². The zero-order chi connectivity index (χ0) is 15.2. The summed E-state index contributed by atoms with van der Waals surface area (Å²) in [6.07, 6.45) is 4.47. The molecule has 2 N–H and O–H groups in total. The molecule has 116 valence electrons. The monoisotopic (exact) mass is 316 g/mol. The Hall–Kier alpha value is -1.79. The lowest BCUT2D eigenvalue weighted by atomic mass is 10.00. The molecular formula is C16H20N4OS. The van der Waals surface area contributed by atoms with Crippen molar-refractivity contribution in [2.45, 2.75) is 19.3 Å². The normalized spacial score (nSPS) is 18.1. The molecule has 1 fully saturated rings. The molecular weight excluding hydrogens is 296 g/mol. The van der Waals surface area contributed by atoms with Gasteiger partial charge >= 0.3 is 0 Å². The van der Waals surface area contributed by atoms with E-state index in [1.54, 1.807) is 6.20 Å². The maximum Gasteiger partial charge on any atom is 0.226 e. The van der Waals surface area contributed by atoms with E-state index in [0.717, 1.165) is 36.0 Å². The molecule has 0 bridgehead atoms. The van der Waals surface area contributed by atoms with E-state index < -0.39 is 0 Å². The summed E-state index contributed by atoms with van der Waals surface area (Å²) in [6, 6.07) is 5.75. The second-order valence-electron chi connectivity index (χ2n) is 5.55. The lowest BCUT2D eigenvalue weighted by Gasteiger charge is -2.22. The maximum absolute atomic E-state index is 12.0. The summed E-state index contributed by atoms with van der Waals surface area (Å²) in [7, 11) is 0. The highest BCUT2D eigenvalue weighted by Crippen LogP contribution is 2.21. The number of nitrogens with zero attached hydrogens (tertiary/aromatic N) is 2. The summed E-state index contributed by atoms with van der Waals surface area (Å²) >= 11 is 1.53. The van der Waals surface area contributed by atoms with Crippen molar-refractivity contribution in [2.24, 2.45) is 5.92 Å². The Balaban J connectivity index is 1.50. The molecule has 3 heterocycles. The predicted molar refractivity (Wildman–Crippen MR) is 87.7 cm³/mol. The first kappa shape index (κ1) is 15.1. The minimum atomic E-state index is 0.0449. The summed E-state index contributed by atoms with van der Waals surface area (Å²) in [5.74, 6) is 0.598. The van der Waals surface area contributed by atoms with Gasteiger partial charge in [-0.1, -0.05) is 6.07 Å². The van der Waals surface area contributed by atoms with Gasteiger partial charge in [-0.3, -0.25) is 9.78 Å². The van der Waals surface area contributed by atoms with E-state index in [0.29, 0.717) is 12.3 Å². The molecule has 0 saturated carbocycles. The molecule has 0 aromatic carbocycles. The quantitative estimate of drug-likeness (QED) is 0.883. The smallest absolute Gasteiger partial charge is 0.226 e. The SMILES string of the molecule is O=C(Cc1csc(-c2ccccn2)n1)NCC1CCCNC1. The van der Waals surface area contributed by atoms with Crippen LogP contribution >= 0.6 is 11.3 Å². The van der Waals surface area contributed by atoms with Crippen molar-refractivity contribution >= 4 is 17.2 Å². The van der Waals surface area contributed by atoms with Crippen LogP contribution in [-0.2, 0) is 11.2 Å². The molecule has 0 spiro atoms. The van der Waals surface area contributed by atoms with Crippen molar-refractivity contribution in [3.8, 4) is 10.7 Å². The largest absolute Gasteiger partial charge is 0.355 e. The molecule has 0 radical (unpaired) electrons. The summed E-state index contributed by atoms with van der Waals surface area (Å²) in [6.45, 7) is 2.85. The predicted octanol–water partition coefficient (Wildman–Crippen LogP) is 1.86. The van der Waals surface area contributed by atoms with Crippen LogP contribution in [0.3, 0.4) is 0 Å². The van der Waals surface area contributed by atoms with E-state index in [9.17, 15) is 4.79 Å². The van der Waals surface area contributed by atoms with Gasteiger partial charge in [-0.15, -0.1) is 11.3 Å². The zero-order valence-corrected chi connectivity index (χ0v) is 13.2. The van der Waals surface area contributed by atoms with Gasteiger partial charge in [0.05, 0.1) is 17.8 Å². The van der Waals surface area contributed by atoms with Gasteiger partial charge in [0.1, 0.15) is 5.01 Å². The first-order valence-electron chi connectivity index (χ1n) is 7.64. The second-order valence-corrected chi connectivity index (χ2v) is 6.41. The van der Waals surface area contributed by atoms with Crippen LogP contribution in [0.4, 0.5) is 0 Å². The number of amides is 1. The summed E-state index contributed by atoms with van der Waals surface area (Å²) in [5, 5.41) is 9.18. The van der Waals surface area contributed by atoms with Gasteiger partial charge in [-0.25, -0.2) is 4.98 Å². The van der Waals surface area contributed by atoms with Crippen molar-refractivity contribution in [2.75, 3.05) is 19.6 Å². The van der Waals surface area contributed by atoms with Gasteiger partial charge in [0.2, 0.25) is 5.91 Å². The number of hydrogen-bond acceptors (Lipinski definition) is 5. The third-order valence-electron chi connectivity index (χ3n) is 3.76. The highest BCUT2D eigenvalue weighted by atomic mass is 32.1. The maximum atomic E-state index is 12.0. The van der Waals surface area contributed by atoms with Crippen LogP contribution in [0.5, 0.6) is 0 Å². The molecule has 2 aromatic rings. The van der Waals surface area contributed by atoms with E-state index in [4.69, 9.17) is 0 Å². The van der Waals surface area contributed by atoms with Gasteiger partial charge in [0.25, 0.3) is 0 Å². The fraction of sp³-hybridized carbons (Fsp3) is 0.438. The summed E-state index contributed by atoms with van der Waals surface area (Å²) < 4.78 is 0. The number of thiazole rings is 1. The van der Waals surface area contributed by atoms with Crippen molar-refractivity contribution in [1.82, 2.24) is 20.6 Å². The van der Waals surface area contributed by atoms with Crippen LogP contribution in [0.15, 0.2) is 29.8 Å². The summed E-state index contributed by atoms with van der Waals surface area (Å²) in [4.78, 5) is 20.8. The minimum absolute atomic E-state index is 0.0449. The Kier molecular flexibility index (Phi) is 5.13. The number of nitrogens with one attached hydrogen (secondary N) is 2. The molecule has 5 nitrogen and oxygen atoms in total. The molecule has 1 aliphatic heterocycles. The molecule has 1 amide bonds. The molecule has 1 unspecified atom stereocenters. The highest BCUT2D eigenvalue weighted by molar-refractivity contribution is 7.13. The lowest BCUT2D eigenvalue weighted by Crippen LogP contribution is -2.38. The Morgan fingerprint density at radius 3 is 3.18 bits per heavy atom. The fourth-order valence-electron chi connectivity index (χ4n) is 2.58. The van der Waals surface area contributed by atoms with Gasteiger partial charge in [0.15, 0.2) is 0 Å². The molecule has 2 aromatic heterocycles. The van der Waals surface area contributed by atoms with Crippen molar-refractivity contribution < 1.29 is 4.79 Å². The minimum Gasteiger partial charge on any atom is -0.355 e. The van der Waals surface area contributed by atoms with E-state index in [-0.39, 0.29) is 5.91 Å². The third kappa shape index (κ3) is 4.11. The first-order valence-corrected chi connectivity index (χ1v) is 8.52. The van der Waals surface area contributed by atoms with Crippen LogP contribution in [-0.4, -0.2) is 35.5 Å². The van der Waals surface area contributed by atoms with Crippen LogP contribution in [0, 0.1) is 5.92 Å². The third-order valence-corrected chi connectivity index (χ3v) is 4.68. The lowest BCUT2D eigenvalue weighted by molar-refractivity contribution is -0.120. The number of pyridine rings is 1. The first-order chi connectivity index (χ1) is 10.8. The molecule has 3 rings (SSSR count). The van der Waals surface area contributed by atoms with Crippen molar-refractivity contribution in [1.29, 1.82) is 0 Å². The van der Waals surface area contributed by atoms with E-state index in [1.807, 2.05) is 23.6 Å². The number of aromatic nitrogens is 2. The molecule has 1 atom stereocenters. The number of carbonyl (C=O) groups is 1. The van der Waals surface area contributed by atoms with E-state index >= 15 is 0 Å². The average Bonchev–Trinajstić information content (AvgIpc) is 3.03. The highest BCUT2D eigenvalue weighted by Gasteiger charge is 2.15. The van der Waals surface area contributed by atoms with Crippen LogP contribution in [0.25, 0.3) is 10.7 Å². The van der Waals surface area contributed by atoms with Crippen molar-refractivity contribution in [3.63, 3.8) is 0 Å². The van der Waals surface area contributed by atoms with E-state index in [1.165, 1.54) is 24.2 Å². The number of hydrogen-bond donors (Lipinski definition) is 2. The van der Waals surface area contributed by atoms with Crippen LogP contribution in [0.1, 0.15) is 18.5 Å². The summed E-state index contributed by atoms with van der Waals surface area (Å²) in [5.41, 5.74) is 1.66. The second kappa shape index (κ2) is 7.47. The van der Waals surface area contributed by atoms with Gasteiger partial charge in [-0.05, 0) is 44.0 Å². The van der Waals surface area contributed by atoms with Gasteiger partial charge in [0, 0.05) is 18.1 Å². The van der Waals surface area contributed by atoms with Gasteiger partial charge < -0.3 is 10.6 Å². The molecule has 1 saturated heterocycles. The molecule has 1 aliphatic rings. The number of carbonyl (C=O) groups excluding carboxylic acids is 1. The Morgan fingerprint density at radius 1 is 1.45 bits per heavy atom. The molecule has 0 aliphatic carbocycles. The Labute approximate surface area is 134 Å². The zero-order valence-electron chi connectivity index (χ0n) is 12.4. The van der Waals surface area contributed by atoms with Crippen molar-refractivity contribution in [3.05, 3.63) is 35.5 Å². The average molecular weight is 316 g/mol. The molecule has 6 heteroatoms.